The van der Waals surface area contributed by atoms with E-state index in [2.05, 4.69) is 58.9 Å². The minimum atomic E-state index is 0.247. The van der Waals surface area contributed by atoms with Crippen LogP contribution in [0, 0.1) is 0 Å². The van der Waals surface area contributed by atoms with Crippen LogP contribution in [0.1, 0.15) is 32.3 Å². The van der Waals surface area contributed by atoms with Crippen molar-refractivity contribution in [2.75, 3.05) is 33.2 Å². The van der Waals surface area contributed by atoms with E-state index in [1.807, 2.05) is 11.9 Å². The van der Waals surface area contributed by atoms with E-state index in [1.54, 1.807) is 0 Å². The Balaban J connectivity index is 2.39. The molecular formula is C17H27BrN2O. The number of hydrogen-bond acceptors (Lipinski definition) is 2. The molecule has 0 fully saturated rings. The highest BCUT2D eigenvalue weighted by molar-refractivity contribution is 9.10. The van der Waals surface area contributed by atoms with Gasteiger partial charge >= 0.3 is 0 Å². The largest absolute Gasteiger partial charge is 0.342 e. The Morgan fingerprint density at radius 3 is 2.14 bits per heavy atom. The van der Waals surface area contributed by atoms with Gasteiger partial charge in [0.25, 0.3) is 0 Å². The molecule has 0 radical (unpaired) electrons. The smallest absolute Gasteiger partial charge is 0.236 e. The monoisotopic (exact) mass is 354 g/mol. The lowest BCUT2D eigenvalue weighted by atomic mass is 10.1. The van der Waals surface area contributed by atoms with Crippen molar-refractivity contribution in [1.82, 2.24) is 9.80 Å². The first-order valence-electron chi connectivity index (χ1n) is 7.77. The zero-order valence-corrected chi connectivity index (χ0v) is 15.0. The molecule has 0 heterocycles. The van der Waals surface area contributed by atoms with Gasteiger partial charge in [0.1, 0.15) is 0 Å². The first-order chi connectivity index (χ1) is 10.1. The Labute approximate surface area is 137 Å². The summed E-state index contributed by atoms with van der Waals surface area (Å²) in [6, 6.07) is 8.37. The van der Waals surface area contributed by atoms with Crippen LogP contribution in [-0.4, -0.2) is 48.9 Å². The molecule has 0 saturated heterocycles. The number of hydrogen-bond donors (Lipinski definition) is 0. The number of benzene rings is 1. The van der Waals surface area contributed by atoms with Gasteiger partial charge in [-0.25, -0.2) is 0 Å². The molecule has 1 aromatic carbocycles. The predicted molar refractivity (Wildman–Crippen MR) is 92.5 cm³/mol. The zero-order chi connectivity index (χ0) is 15.7. The fourth-order valence-corrected chi connectivity index (χ4v) is 2.55. The lowest BCUT2D eigenvalue weighted by Crippen LogP contribution is -2.40. The number of carbonyl (C=O) groups is 1. The van der Waals surface area contributed by atoms with E-state index in [1.165, 1.54) is 5.56 Å². The van der Waals surface area contributed by atoms with Crippen LogP contribution < -0.4 is 0 Å². The minimum Gasteiger partial charge on any atom is -0.342 e. The molecule has 118 valence electrons. The first kappa shape index (κ1) is 18.2. The summed E-state index contributed by atoms with van der Waals surface area (Å²) in [5, 5.41) is 0. The zero-order valence-electron chi connectivity index (χ0n) is 13.4. The third-order valence-electron chi connectivity index (χ3n) is 3.44. The Kier molecular flexibility index (Phi) is 8.62. The molecule has 0 N–H and O–H groups in total. The van der Waals surface area contributed by atoms with E-state index in [0.29, 0.717) is 6.54 Å². The van der Waals surface area contributed by atoms with Gasteiger partial charge in [-0.2, -0.15) is 0 Å². The van der Waals surface area contributed by atoms with Crippen LogP contribution in [0.2, 0.25) is 0 Å². The van der Waals surface area contributed by atoms with Gasteiger partial charge in [-0.1, -0.05) is 41.9 Å². The number of nitrogens with zero attached hydrogens (tertiary/aromatic N) is 2. The molecule has 0 saturated carbocycles. The second-order valence-corrected chi connectivity index (χ2v) is 6.41. The van der Waals surface area contributed by atoms with Gasteiger partial charge in [-0.05, 0) is 44.0 Å². The third kappa shape index (κ3) is 7.09. The van der Waals surface area contributed by atoms with E-state index in [-0.39, 0.29) is 5.91 Å². The molecule has 0 aromatic heterocycles. The van der Waals surface area contributed by atoms with E-state index in [9.17, 15) is 4.79 Å². The molecule has 1 amide bonds. The third-order valence-corrected chi connectivity index (χ3v) is 3.97. The van der Waals surface area contributed by atoms with Crippen LogP contribution >= 0.6 is 15.9 Å². The molecule has 4 heteroatoms. The summed E-state index contributed by atoms with van der Waals surface area (Å²) in [5.41, 5.74) is 1.30. The molecule has 0 bridgehead atoms. The lowest BCUT2D eigenvalue weighted by Gasteiger charge is -2.24. The molecule has 1 rings (SSSR count). The van der Waals surface area contributed by atoms with Crippen molar-refractivity contribution in [3.8, 4) is 0 Å². The quantitative estimate of drug-likeness (QED) is 0.676. The summed E-state index contributed by atoms with van der Waals surface area (Å²) in [5.74, 6) is 0.247. The van der Waals surface area contributed by atoms with E-state index < -0.39 is 0 Å². The average molecular weight is 355 g/mol. The molecular weight excluding hydrogens is 328 g/mol. The Bertz CT molecular complexity index is 413. The van der Waals surface area contributed by atoms with Gasteiger partial charge < -0.3 is 4.90 Å². The number of amides is 1. The van der Waals surface area contributed by atoms with Crippen molar-refractivity contribution in [3.63, 3.8) is 0 Å². The SMILES string of the molecule is CCCN(CCC)C(=O)CN(C)CCc1ccc(Br)cc1. The minimum absolute atomic E-state index is 0.247. The van der Waals surface area contributed by atoms with E-state index in [0.717, 1.165) is 43.4 Å². The summed E-state index contributed by atoms with van der Waals surface area (Å²) >= 11 is 3.44. The van der Waals surface area contributed by atoms with Crippen LogP contribution in [0.3, 0.4) is 0 Å². The number of halogens is 1. The van der Waals surface area contributed by atoms with Crippen molar-refractivity contribution in [1.29, 1.82) is 0 Å². The molecule has 21 heavy (non-hydrogen) atoms. The van der Waals surface area contributed by atoms with Crippen molar-refractivity contribution in [3.05, 3.63) is 34.3 Å². The summed E-state index contributed by atoms with van der Waals surface area (Å²) < 4.78 is 1.10. The Hall–Kier alpha value is -0.870. The average Bonchev–Trinajstić information content (AvgIpc) is 2.46. The standard InChI is InChI=1S/C17H27BrN2O/c1-4-11-20(12-5-2)17(21)14-19(3)13-10-15-6-8-16(18)9-7-15/h6-9H,4-5,10-14H2,1-3H3. The summed E-state index contributed by atoms with van der Waals surface area (Å²) in [4.78, 5) is 16.4. The second-order valence-electron chi connectivity index (χ2n) is 5.50. The highest BCUT2D eigenvalue weighted by atomic mass is 79.9. The maximum absolute atomic E-state index is 12.3. The predicted octanol–water partition coefficient (Wildman–Crippen LogP) is 3.57. The molecule has 0 aliphatic carbocycles. The Morgan fingerprint density at radius 1 is 1.05 bits per heavy atom. The maximum atomic E-state index is 12.3. The molecule has 0 aliphatic heterocycles. The maximum Gasteiger partial charge on any atom is 0.236 e. The fourth-order valence-electron chi connectivity index (χ4n) is 2.28. The lowest BCUT2D eigenvalue weighted by molar-refractivity contribution is -0.132. The van der Waals surface area contributed by atoms with Crippen molar-refractivity contribution in [2.45, 2.75) is 33.1 Å². The molecule has 0 unspecified atom stereocenters. The van der Waals surface area contributed by atoms with Crippen LogP contribution in [0.25, 0.3) is 0 Å². The molecule has 1 aromatic rings. The summed E-state index contributed by atoms with van der Waals surface area (Å²) in [6.07, 6.45) is 3.02. The summed E-state index contributed by atoms with van der Waals surface area (Å²) in [6.45, 7) is 7.39. The van der Waals surface area contributed by atoms with E-state index >= 15 is 0 Å². The van der Waals surface area contributed by atoms with Crippen molar-refractivity contribution in [2.24, 2.45) is 0 Å². The van der Waals surface area contributed by atoms with Gasteiger partial charge in [-0.3, -0.25) is 9.69 Å². The second kappa shape index (κ2) is 9.96. The van der Waals surface area contributed by atoms with Crippen LogP contribution in [0.15, 0.2) is 28.7 Å². The first-order valence-corrected chi connectivity index (χ1v) is 8.56. The topological polar surface area (TPSA) is 23.6 Å². The van der Waals surface area contributed by atoms with Gasteiger partial charge in [0.2, 0.25) is 5.91 Å². The fraction of sp³-hybridized carbons (Fsp3) is 0.588. The molecule has 0 spiro atoms. The summed E-state index contributed by atoms with van der Waals surface area (Å²) in [7, 11) is 2.02. The van der Waals surface area contributed by atoms with Crippen molar-refractivity contribution >= 4 is 21.8 Å². The van der Waals surface area contributed by atoms with Gasteiger partial charge in [-0.15, -0.1) is 0 Å². The molecule has 0 aliphatic rings. The normalized spacial score (nSPS) is 10.9. The highest BCUT2D eigenvalue weighted by Gasteiger charge is 2.13. The van der Waals surface area contributed by atoms with Gasteiger partial charge in [0.05, 0.1) is 6.54 Å². The van der Waals surface area contributed by atoms with Gasteiger partial charge in [0, 0.05) is 24.1 Å². The highest BCUT2D eigenvalue weighted by Crippen LogP contribution is 2.11. The molecule has 0 atom stereocenters. The Morgan fingerprint density at radius 2 is 1.62 bits per heavy atom. The van der Waals surface area contributed by atoms with E-state index in [4.69, 9.17) is 0 Å². The number of rotatable bonds is 9. The van der Waals surface area contributed by atoms with Crippen molar-refractivity contribution < 1.29 is 4.79 Å². The number of carbonyl (C=O) groups excluding carboxylic acids is 1. The van der Waals surface area contributed by atoms with Crippen LogP contribution in [-0.2, 0) is 11.2 Å². The van der Waals surface area contributed by atoms with Crippen LogP contribution in [0.5, 0.6) is 0 Å². The number of likely N-dealkylation sites (N-methyl/N-ethyl adjacent to an activating group) is 1. The molecule has 3 nitrogen and oxygen atoms in total. The van der Waals surface area contributed by atoms with Crippen LogP contribution in [0.4, 0.5) is 0 Å². The van der Waals surface area contributed by atoms with Gasteiger partial charge in [0.15, 0.2) is 0 Å².